The maximum atomic E-state index is 5.56. The first kappa shape index (κ1) is 10.6. The lowest BCUT2D eigenvalue weighted by molar-refractivity contribution is 0.296. The van der Waals surface area contributed by atoms with Crippen molar-refractivity contribution in [2.24, 2.45) is 5.73 Å². The first-order valence-electron chi connectivity index (χ1n) is 5.07. The number of rotatable bonds is 4. The second-order valence-electron chi connectivity index (χ2n) is 3.51. The molecular weight excluding hydrogens is 204 g/mol. The lowest BCUT2D eigenvalue weighted by atomic mass is 10.2. The van der Waals surface area contributed by atoms with Crippen molar-refractivity contribution in [3.63, 3.8) is 0 Å². The standard InChI is InChI=1S/C11H14N4O/c1-8-3-2-4-9(5-8)16-7-11-13-10(6-12)14-15-11/h2-5H,6-7,12H2,1H3,(H,13,14,15). The van der Waals surface area contributed by atoms with Crippen molar-refractivity contribution < 1.29 is 4.74 Å². The van der Waals surface area contributed by atoms with Gasteiger partial charge in [-0.1, -0.05) is 12.1 Å². The van der Waals surface area contributed by atoms with E-state index in [0.717, 1.165) is 11.3 Å². The van der Waals surface area contributed by atoms with Crippen LogP contribution in [0.1, 0.15) is 17.2 Å². The van der Waals surface area contributed by atoms with Gasteiger partial charge in [-0.2, -0.15) is 5.10 Å². The number of ether oxygens (including phenoxy) is 1. The Balaban J connectivity index is 1.96. The number of nitrogens with one attached hydrogen (secondary N) is 1. The summed E-state index contributed by atoms with van der Waals surface area (Å²) in [6.07, 6.45) is 0. The molecule has 0 aliphatic rings. The fourth-order valence-electron chi connectivity index (χ4n) is 1.35. The van der Waals surface area contributed by atoms with Crippen molar-refractivity contribution in [1.82, 2.24) is 15.2 Å². The van der Waals surface area contributed by atoms with E-state index in [1.54, 1.807) is 0 Å². The smallest absolute Gasteiger partial charge is 0.164 e. The number of hydrogen-bond acceptors (Lipinski definition) is 4. The summed E-state index contributed by atoms with van der Waals surface area (Å²) in [5.74, 6) is 2.11. The Bertz CT molecular complexity index is 467. The molecule has 5 nitrogen and oxygen atoms in total. The van der Waals surface area contributed by atoms with Crippen LogP contribution in [0.25, 0.3) is 0 Å². The van der Waals surface area contributed by atoms with Gasteiger partial charge in [0, 0.05) is 0 Å². The zero-order valence-electron chi connectivity index (χ0n) is 9.10. The Morgan fingerprint density at radius 1 is 1.44 bits per heavy atom. The zero-order valence-corrected chi connectivity index (χ0v) is 9.10. The van der Waals surface area contributed by atoms with Crippen LogP contribution in [0, 0.1) is 6.92 Å². The Labute approximate surface area is 93.7 Å². The highest BCUT2D eigenvalue weighted by molar-refractivity contribution is 5.27. The fourth-order valence-corrected chi connectivity index (χ4v) is 1.35. The molecule has 16 heavy (non-hydrogen) atoms. The molecule has 0 bridgehead atoms. The van der Waals surface area contributed by atoms with E-state index in [1.807, 2.05) is 31.2 Å². The van der Waals surface area contributed by atoms with Crippen molar-refractivity contribution in [3.05, 3.63) is 41.5 Å². The first-order chi connectivity index (χ1) is 7.78. The third kappa shape index (κ3) is 2.58. The molecule has 0 aliphatic heterocycles. The second-order valence-corrected chi connectivity index (χ2v) is 3.51. The highest BCUT2D eigenvalue weighted by Crippen LogP contribution is 2.13. The third-order valence-electron chi connectivity index (χ3n) is 2.13. The second kappa shape index (κ2) is 4.76. The largest absolute Gasteiger partial charge is 0.486 e. The summed E-state index contributed by atoms with van der Waals surface area (Å²) in [5.41, 5.74) is 6.57. The van der Waals surface area contributed by atoms with Crippen LogP contribution < -0.4 is 10.5 Å². The molecule has 0 aliphatic carbocycles. The Morgan fingerprint density at radius 2 is 2.31 bits per heavy atom. The first-order valence-corrected chi connectivity index (χ1v) is 5.07. The molecular formula is C11H14N4O. The molecule has 1 heterocycles. The Kier molecular flexibility index (Phi) is 3.16. The molecule has 3 N–H and O–H groups in total. The quantitative estimate of drug-likeness (QED) is 0.807. The summed E-state index contributed by atoms with van der Waals surface area (Å²) in [6, 6.07) is 7.86. The highest BCUT2D eigenvalue weighted by atomic mass is 16.5. The minimum Gasteiger partial charge on any atom is -0.486 e. The topological polar surface area (TPSA) is 76.8 Å². The average molecular weight is 218 g/mol. The van der Waals surface area contributed by atoms with Crippen molar-refractivity contribution >= 4 is 0 Å². The van der Waals surface area contributed by atoms with Gasteiger partial charge in [-0.25, -0.2) is 4.98 Å². The molecule has 0 saturated heterocycles. The van der Waals surface area contributed by atoms with Crippen LogP contribution in [0.15, 0.2) is 24.3 Å². The van der Waals surface area contributed by atoms with Gasteiger partial charge < -0.3 is 10.5 Å². The van der Waals surface area contributed by atoms with E-state index < -0.39 is 0 Å². The van der Waals surface area contributed by atoms with Gasteiger partial charge in [0.1, 0.15) is 12.4 Å². The molecule has 0 spiro atoms. The Morgan fingerprint density at radius 3 is 3.00 bits per heavy atom. The number of nitrogens with two attached hydrogens (primary N) is 1. The number of nitrogens with zero attached hydrogens (tertiary/aromatic N) is 2. The van der Waals surface area contributed by atoms with Gasteiger partial charge in [0.05, 0.1) is 6.54 Å². The van der Waals surface area contributed by atoms with E-state index in [-0.39, 0.29) is 0 Å². The molecule has 0 radical (unpaired) electrons. The monoisotopic (exact) mass is 218 g/mol. The van der Waals surface area contributed by atoms with Crippen LogP contribution in [0.5, 0.6) is 5.75 Å². The van der Waals surface area contributed by atoms with E-state index in [1.165, 1.54) is 0 Å². The lowest BCUT2D eigenvalue weighted by Crippen LogP contribution is -2.00. The molecule has 0 saturated carbocycles. The number of H-pyrrole nitrogens is 1. The summed E-state index contributed by atoms with van der Waals surface area (Å²) in [5, 5.41) is 6.70. The van der Waals surface area contributed by atoms with Gasteiger partial charge in [0.25, 0.3) is 0 Å². The van der Waals surface area contributed by atoms with E-state index in [9.17, 15) is 0 Å². The number of aromatic amines is 1. The van der Waals surface area contributed by atoms with Crippen molar-refractivity contribution in [3.8, 4) is 5.75 Å². The van der Waals surface area contributed by atoms with Crippen molar-refractivity contribution in [2.75, 3.05) is 0 Å². The summed E-state index contributed by atoms with van der Waals surface area (Å²) in [4.78, 5) is 4.15. The van der Waals surface area contributed by atoms with Gasteiger partial charge in [-0.3, -0.25) is 5.10 Å². The minimum absolute atomic E-state index is 0.334. The number of benzene rings is 1. The third-order valence-corrected chi connectivity index (χ3v) is 2.13. The summed E-state index contributed by atoms with van der Waals surface area (Å²) >= 11 is 0. The van der Waals surface area contributed by atoms with Crippen LogP contribution >= 0.6 is 0 Å². The number of hydrogen-bond donors (Lipinski definition) is 2. The molecule has 0 fully saturated rings. The van der Waals surface area contributed by atoms with Crippen LogP contribution in [0.4, 0.5) is 0 Å². The molecule has 84 valence electrons. The van der Waals surface area contributed by atoms with E-state index >= 15 is 0 Å². The van der Waals surface area contributed by atoms with Gasteiger partial charge in [-0.05, 0) is 24.6 Å². The highest BCUT2D eigenvalue weighted by Gasteiger charge is 2.02. The average Bonchev–Trinajstić information content (AvgIpc) is 2.74. The zero-order chi connectivity index (χ0) is 11.4. The molecule has 0 unspecified atom stereocenters. The molecule has 2 rings (SSSR count). The van der Waals surface area contributed by atoms with Crippen LogP contribution in [-0.4, -0.2) is 15.2 Å². The maximum Gasteiger partial charge on any atom is 0.164 e. The van der Waals surface area contributed by atoms with Gasteiger partial charge in [0.2, 0.25) is 0 Å². The molecule has 1 aromatic heterocycles. The molecule has 0 amide bonds. The Hall–Kier alpha value is -1.88. The van der Waals surface area contributed by atoms with Crippen LogP contribution in [0.2, 0.25) is 0 Å². The summed E-state index contributed by atoms with van der Waals surface area (Å²) in [7, 11) is 0. The fraction of sp³-hybridized carbons (Fsp3) is 0.273. The number of aryl methyl sites for hydroxylation is 1. The van der Waals surface area contributed by atoms with Gasteiger partial charge in [0.15, 0.2) is 11.6 Å². The van der Waals surface area contributed by atoms with E-state index in [2.05, 4.69) is 15.2 Å². The SMILES string of the molecule is Cc1cccc(OCc2nc(CN)n[nH]2)c1. The molecule has 1 aromatic carbocycles. The summed E-state index contributed by atoms with van der Waals surface area (Å²) < 4.78 is 5.56. The predicted molar refractivity (Wildman–Crippen MR) is 59.8 cm³/mol. The maximum absolute atomic E-state index is 5.56. The van der Waals surface area contributed by atoms with Gasteiger partial charge >= 0.3 is 0 Å². The van der Waals surface area contributed by atoms with Gasteiger partial charge in [-0.15, -0.1) is 0 Å². The van der Waals surface area contributed by atoms with Crippen molar-refractivity contribution in [2.45, 2.75) is 20.1 Å². The van der Waals surface area contributed by atoms with Crippen LogP contribution in [0.3, 0.4) is 0 Å². The molecule has 2 aromatic rings. The van der Waals surface area contributed by atoms with Crippen molar-refractivity contribution in [1.29, 1.82) is 0 Å². The van der Waals surface area contributed by atoms with E-state index in [4.69, 9.17) is 10.5 Å². The van der Waals surface area contributed by atoms with Crippen LogP contribution in [-0.2, 0) is 13.2 Å². The number of aromatic nitrogens is 3. The lowest BCUT2D eigenvalue weighted by Gasteiger charge is -2.03. The predicted octanol–water partition coefficient (Wildman–Crippen LogP) is 1.15. The normalized spacial score (nSPS) is 10.4. The summed E-state index contributed by atoms with van der Waals surface area (Å²) in [6.45, 7) is 2.73. The molecule has 5 heteroatoms. The molecule has 0 atom stereocenters. The minimum atomic E-state index is 0.334. The van der Waals surface area contributed by atoms with E-state index in [0.29, 0.717) is 24.8 Å².